The molecule has 1 amide bonds. The maximum atomic E-state index is 12.1. The van der Waals surface area contributed by atoms with Crippen LogP contribution in [-0.2, 0) is 0 Å². The predicted molar refractivity (Wildman–Crippen MR) is 75.3 cm³/mol. The molecule has 2 N–H and O–H groups in total. The van der Waals surface area contributed by atoms with Crippen molar-refractivity contribution in [2.45, 2.75) is 25.9 Å². The second kappa shape index (κ2) is 6.13. The monoisotopic (exact) mass is 279 g/mol. The number of carbonyl (C=O) groups excluding carboxylic acids is 1. The van der Waals surface area contributed by atoms with Crippen LogP contribution < -0.4 is 14.8 Å². The molecule has 0 spiro atoms. The second-order valence-corrected chi connectivity index (χ2v) is 5.21. The van der Waals surface area contributed by atoms with Crippen LogP contribution in [0.1, 0.15) is 28.8 Å². The number of hydrogen-bond donors (Lipinski definition) is 2. The van der Waals surface area contributed by atoms with E-state index in [1.165, 1.54) is 0 Å². The van der Waals surface area contributed by atoms with Gasteiger partial charge in [0.25, 0.3) is 5.91 Å². The molecule has 2 rings (SSSR count). The van der Waals surface area contributed by atoms with E-state index in [0.717, 1.165) is 18.4 Å². The van der Waals surface area contributed by atoms with Crippen molar-refractivity contribution in [3.8, 4) is 11.5 Å². The van der Waals surface area contributed by atoms with Gasteiger partial charge in [0, 0.05) is 17.7 Å². The standard InChI is InChI=1S/C15H21NO4/c1-9-13(19-2)6-11(7-14(9)20-3)15(18)16-8-10-4-12(17)5-10/h6-7,10,12,17H,4-5,8H2,1-3H3,(H,16,18). The minimum absolute atomic E-state index is 0.150. The van der Waals surface area contributed by atoms with Gasteiger partial charge in [-0.15, -0.1) is 0 Å². The van der Waals surface area contributed by atoms with E-state index in [2.05, 4.69) is 5.32 Å². The Bertz CT molecular complexity index is 470. The number of rotatable bonds is 5. The fraction of sp³-hybridized carbons (Fsp3) is 0.533. The Morgan fingerprint density at radius 2 is 1.85 bits per heavy atom. The van der Waals surface area contributed by atoms with Gasteiger partial charge in [-0.25, -0.2) is 0 Å². The number of carbonyl (C=O) groups is 1. The van der Waals surface area contributed by atoms with E-state index in [9.17, 15) is 9.90 Å². The van der Waals surface area contributed by atoms with Crippen molar-refractivity contribution in [3.63, 3.8) is 0 Å². The Balaban J connectivity index is 2.05. The third-order valence-corrected chi connectivity index (χ3v) is 3.78. The lowest BCUT2D eigenvalue weighted by atomic mass is 9.82. The van der Waals surface area contributed by atoms with Crippen LogP contribution >= 0.6 is 0 Å². The molecule has 1 aliphatic carbocycles. The minimum Gasteiger partial charge on any atom is -0.496 e. The van der Waals surface area contributed by atoms with Crippen LogP contribution in [-0.4, -0.2) is 37.9 Å². The second-order valence-electron chi connectivity index (χ2n) is 5.21. The van der Waals surface area contributed by atoms with Crippen LogP contribution in [0.5, 0.6) is 11.5 Å². The van der Waals surface area contributed by atoms with Crippen molar-refractivity contribution >= 4 is 5.91 Å². The third kappa shape index (κ3) is 3.04. The van der Waals surface area contributed by atoms with Crippen LogP contribution in [0.15, 0.2) is 12.1 Å². The lowest BCUT2D eigenvalue weighted by molar-refractivity contribution is 0.0420. The van der Waals surface area contributed by atoms with E-state index >= 15 is 0 Å². The van der Waals surface area contributed by atoms with Gasteiger partial charge in [0.2, 0.25) is 0 Å². The average Bonchev–Trinajstić information content (AvgIpc) is 2.42. The zero-order valence-electron chi connectivity index (χ0n) is 12.1. The molecule has 0 atom stereocenters. The van der Waals surface area contributed by atoms with E-state index in [1.807, 2.05) is 6.92 Å². The highest BCUT2D eigenvalue weighted by molar-refractivity contribution is 5.95. The van der Waals surface area contributed by atoms with Gasteiger partial charge in [-0.2, -0.15) is 0 Å². The van der Waals surface area contributed by atoms with Gasteiger partial charge in [0.05, 0.1) is 20.3 Å². The summed E-state index contributed by atoms with van der Waals surface area (Å²) < 4.78 is 10.5. The van der Waals surface area contributed by atoms with Crippen LogP contribution in [0.3, 0.4) is 0 Å². The summed E-state index contributed by atoms with van der Waals surface area (Å²) in [6.07, 6.45) is 1.33. The molecule has 20 heavy (non-hydrogen) atoms. The molecule has 0 heterocycles. The van der Waals surface area contributed by atoms with Gasteiger partial charge >= 0.3 is 0 Å². The van der Waals surface area contributed by atoms with Gasteiger partial charge in [0.1, 0.15) is 11.5 Å². The molecule has 0 unspecified atom stereocenters. The summed E-state index contributed by atoms with van der Waals surface area (Å²) in [4.78, 5) is 12.1. The lowest BCUT2D eigenvalue weighted by Crippen LogP contribution is -2.38. The molecule has 1 aromatic carbocycles. The minimum atomic E-state index is -0.198. The summed E-state index contributed by atoms with van der Waals surface area (Å²) in [6, 6.07) is 3.42. The van der Waals surface area contributed by atoms with E-state index in [1.54, 1.807) is 26.4 Å². The number of amides is 1. The van der Waals surface area contributed by atoms with Crippen LogP contribution in [0.4, 0.5) is 0 Å². The molecule has 110 valence electrons. The van der Waals surface area contributed by atoms with Crippen LogP contribution in [0, 0.1) is 12.8 Å². The van der Waals surface area contributed by atoms with Gasteiger partial charge in [-0.1, -0.05) is 0 Å². The quantitative estimate of drug-likeness (QED) is 0.857. The molecule has 5 heteroatoms. The molecular weight excluding hydrogens is 258 g/mol. The highest BCUT2D eigenvalue weighted by Crippen LogP contribution is 2.30. The first-order valence-corrected chi connectivity index (χ1v) is 6.74. The molecule has 0 bridgehead atoms. The lowest BCUT2D eigenvalue weighted by Gasteiger charge is -2.31. The normalized spacial score (nSPS) is 21.0. The zero-order valence-corrected chi connectivity index (χ0v) is 12.1. The molecule has 1 aliphatic rings. The zero-order chi connectivity index (χ0) is 14.7. The van der Waals surface area contributed by atoms with Crippen molar-refractivity contribution in [2.75, 3.05) is 20.8 Å². The molecule has 0 aromatic heterocycles. The van der Waals surface area contributed by atoms with Crippen LogP contribution in [0.25, 0.3) is 0 Å². The first-order valence-electron chi connectivity index (χ1n) is 6.74. The van der Waals surface area contributed by atoms with Crippen molar-refractivity contribution in [1.82, 2.24) is 5.32 Å². The SMILES string of the molecule is COc1cc(C(=O)NCC2CC(O)C2)cc(OC)c1C. The molecule has 1 aromatic rings. The van der Waals surface area contributed by atoms with E-state index in [0.29, 0.717) is 29.5 Å². The first kappa shape index (κ1) is 14.7. The van der Waals surface area contributed by atoms with Crippen molar-refractivity contribution in [2.24, 2.45) is 5.92 Å². The average molecular weight is 279 g/mol. The molecule has 0 radical (unpaired) electrons. The Labute approximate surface area is 118 Å². The smallest absolute Gasteiger partial charge is 0.251 e. The fourth-order valence-corrected chi connectivity index (χ4v) is 2.42. The summed E-state index contributed by atoms with van der Waals surface area (Å²) in [7, 11) is 3.14. The summed E-state index contributed by atoms with van der Waals surface area (Å²) in [5, 5.41) is 12.1. The van der Waals surface area contributed by atoms with E-state index < -0.39 is 0 Å². The maximum Gasteiger partial charge on any atom is 0.251 e. The Hall–Kier alpha value is -1.75. The largest absolute Gasteiger partial charge is 0.496 e. The molecular formula is C15H21NO4. The molecule has 1 saturated carbocycles. The summed E-state index contributed by atoms with van der Waals surface area (Å²) in [5.41, 5.74) is 1.39. The first-order chi connectivity index (χ1) is 9.55. The highest BCUT2D eigenvalue weighted by Gasteiger charge is 2.27. The van der Waals surface area contributed by atoms with Crippen molar-refractivity contribution in [3.05, 3.63) is 23.3 Å². The highest BCUT2D eigenvalue weighted by atomic mass is 16.5. The van der Waals surface area contributed by atoms with E-state index in [4.69, 9.17) is 9.47 Å². The number of ether oxygens (including phenoxy) is 2. The number of hydrogen-bond acceptors (Lipinski definition) is 4. The van der Waals surface area contributed by atoms with Gasteiger partial charge < -0.3 is 19.9 Å². The Morgan fingerprint density at radius 1 is 1.30 bits per heavy atom. The number of nitrogens with one attached hydrogen (secondary N) is 1. The van der Waals surface area contributed by atoms with Gasteiger partial charge in [-0.3, -0.25) is 4.79 Å². The summed E-state index contributed by atoms with van der Waals surface area (Å²) >= 11 is 0. The fourth-order valence-electron chi connectivity index (χ4n) is 2.42. The molecule has 1 fully saturated rings. The number of aliphatic hydroxyl groups excluding tert-OH is 1. The van der Waals surface area contributed by atoms with Crippen molar-refractivity contribution in [1.29, 1.82) is 0 Å². The van der Waals surface area contributed by atoms with E-state index in [-0.39, 0.29) is 12.0 Å². The van der Waals surface area contributed by atoms with Gasteiger partial charge in [0.15, 0.2) is 0 Å². The van der Waals surface area contributed by atoms with Gasteiger partial charge in [-0.05, 0) is 37.8 Å². The summed E-state index contributed by atoms with van der Waals surface area (Å²) in [5.74, 6) is 1.49. The topological polar surface area (TPSA) is 67.8 Å². The predicted octanol–water partition coefficient (Wildman–Crippen LogP) is 1.51. The maximum absolute atomic E-state index is 12.1. The Kier molecular flexibility index (Phi) is 4.49. The Morgan fingerprint density at radius 3 is 2.30 bits per heavy atom. The number of aliphatic hydroxyl groups is 1. The molecule has 5 nitrogen and oxygen atoms in total. The summed E-state index contributed by atoms with van der Waals surface area (Å²) in [6.45, 7) is 2.48. The molecule has 0 aliphatic heterocycles. The third-order valence-electron chi connectivity index (χ3n) is 3.78. The number of benzene rings is 1. The van der Waals surface area contributed by atoms with Crippen LogP contribution in [0.2, 0.25) is 0 Å². The number of methoxy groups -OCH3 is 2. The van der Waals surface area contributed by atoms with Crippen molar-refractivity contribution < 1.29 is 19.4 Å². The molecule has 0 saturated heterocycles.